The van der Waals surface area contributed by atoms with E-state index in [0.29, 0.717) is 27.3 Å². The normalized spacial score (nSPS) is 12.0. The standard InChI is InChI=1S/C14H16Cl2N4OS/c1-3-9(17-10-7-5-6-8(15)12(10)16)13(21)18-14-20-19-11(4-2)22-14/h5-7,9,17H,3-4H2,1-2H3,(H,18,20,21)/t9-/m0/s1. The molecule has 2 rings (SSSR count). The Bertz CT molecular complexity index is 662. The number of rotatable bonds is 6. The monoisotopic (exact) mass is 358 g/mol. The van der Waals surface area contributed by atoms with Gasteiger partial charge in [0.15, 0.2) is 0 Å². The summed E-state index contributed by atoms with van der Waals surface area (Å²) in [7, 11) is 0. The van der Waals surface area contributed by atoms with Gasteiger partial charge >= 0.3 is 0 Å². The highest BCUT2D eigenvalue weighted by molar-refractivity contribution is 7.15. The largest absolute Gasteiger partial charge is 0.372 e. The number of benzene rings is 1. The van der Waals surface area contributed by atoms with Crippen molar-refractivity contribution >= 4 is 51.3 Å². The number of anilines is 2. The molecule has 0 unspecified atom stereocenters. The number of aryl methyl sites for hydroxylation is 1. The van der Waals surface area contributed by atoms with E-state index in [2.05, 4.69) is 20.8 Å². The van der Waals surface area contributed by atoms with Crippen LogP contribution in [0.5, 0.6) is 0 Å². The molecule has 5 nitrogen and oxygen atoms in total. The van der Waals surface area contributed by atoms with E-state index in [9.17, 15) is 4.79 Å². The van der Waals surface area contributed by atoms with Gasteiger partial charge < -0.3 is 5.32 Å². The van der Waals surface area contributed by atoms with Crippen LogP contribution in [-0.4, -0.2) is 22.1 Å². The van der Waals surface area contributed by atoms with Gasteiger partial charge in [-0.2, -0.15) is 0 Å². The number of hydrogen-bond acceptors (Lipinski definition) is 5. The summed E-state index contributed by atoms with van der Waals surface area (Å²) in [5, 5.41) is 16.0. The van der Waals surface area contributed by atoms with Crippen molar-refractivity contribution < 1.29 is 4.79 Å². The summed E-state index contributed by atoms with van der Waals surface area (Å²) in [6, 6.07) is 4.82. The number of nitrogens with zero attached hydrogens (tertiary/aromatic N) is 2. The van der Waals surface area contributed by atoms with Crippen LogP contribution in [0.15, 0.2) is 18.2 Å². The smallest absolute Gasteiger partial charge is 0.248 e. The van der Waals surface area contributed by atoms with Gasteiger partial charge in [0.2, 0.25) is 11.0 Å². The van der Waals surface area contributed by atoms with E-state index in [1.165, 1.54) is 11.3 Å². The third-order valence-corrected chi connectivity index (χ3v) is 4.81. The molecule has 0 fully saturated rings. The SMILES string of the molecule is CCc1nnc(NC(=O)[C@H](CC)Nc2cccc(Cl)c2Cl)s1. The van der Waals surface area contributed by atoms with Gasteiger partial charge in [-0.1, -0.05) is 54.5 Å². The van der Waals surface area contributed by atoms with Crippen LogP contribution < -0.4 is 10.6 Å². The molecule has 1 aromatic heterocycles. The van der Waals surface area contributed by atoms with Gasteiger partial charge in [0.1, 0.15) is 11.0 Å². The first-order chi connectivity index (χ1) is 10.5. The van der Waals surface area contributed by atoms with Crippen LogP contribution in [0.1, 0.15) is 25.3 Å². The Morgan fingerprint density at radius 1 is 1.32 bits per heavy atom. The van der Waals surface area contributed by atoms with Crippen LogP contribution in [0.4, 0.5) is 10.8 Å². The molecule has 0 aliphatic heterocycles. The molecule has 118 valence electrons. The molecule has 0 bridgehead atoms. The van der Waals surface area contributed by atoms with Crippen LogP contribution >= 0.6 is 34.5 Å². The van der Waals surface area contributed by atoms with Crippen molar-refractivity contribution in [2.24, 2.45) is 0 Å². The first kappa shape index (κ1) is 17.0. The Hall–Kier alpha value is -1.37. The van der Waals surface area contributed by atoms with E-state index in [1.807, 2.05) is 13.8 Å². The third-order valence-electron chi connectivity index (χ3n) is 3.01. The lowest BCUT2D eigenvalue weighted by atomic mass is 10.2. The molecular weight excluding hydrogens is 343 g/mol. The van der Waals surface area contributed by atoms with Crippen LogP contribution in [0.3, 0.4) is 0 Å². The van der Waals surface area contributed by atoms with Crippen molar-refractivity contribution in [3.05, 3.63) is 33.3 Å². The lowest BCUT2D eigenvalue weighted by Crippen LogP contribution is -2.34. The first-order valence-electron chi connectivity index (χ1n) is 6.88. The second-order valence-corrected chi connectivity index (χ2v) is 6.40. The second kappa shape index (κ2) is 7.76. The minimum atomic E-state index is -0.440. The minimum Gasteiger partial charge on any atom is -0.372 e. The molecule has 2 N–H and O–H groups in total. The predicted octanol–water partition coefficient (Wildman–Crippen LogP) is 4.24. The zero-order valence-corrected chi connectivity index (χ0v) is 14.5. The Labute approximate surface area is 143 Å². The van der Waals surface area contributed by atoms with E-state index in [4.69, 9.17) is 23.2 Å². The van der Waals surface area contributed by atoms with Gasteiger partial charge in [0, 0.05) is 0 Å². The molecule has 0 saturated carbocycles. The van der Waals surface area contributed by atoms with Crippen LogP contribution in [0.2, 0.25) is 10.0 Å². The fourth-order valence-corrected chi connectivity index (χ4v) is 2.83. The van der Waals surface area contributed by atoms with Crippen LogP contribution in [0, 0.1) is 0 Å². The average molecular weight is 359 g/mol. The number of carbonyl (C=O) groups excluding carboxylic acids is 1. The minimum absolute atomic E-state index is 0.183. The molecular formula is C14H16Cl2N4OS. The maximum absolute atomic E-state index is 12.3. The van der Waals surface area contributed by atoms with Crippen molar-refractivity contribution in [1.29, 1.82) is 0 Å². The summed E-state index contributed by atoms with van der Waals surface area (Å²) in [5.74, 6) is -0.183. The van der Waals surface area contributed by atoms with Crippen LogP contribution in [-0.2, 0) is 11.2 Å². The van der Waals surface area contributed by atoms with Crippen molar-refractivity contribution in [1.82, 2.24) is 10.2 Å². The number of amides is 1. The molecule has 1 aromatic carbocycles. The van der Waals surface area contributed by atoms with Crippen molar-refractivity contribution in [2.75, 3.05) is 10.6 Å². The topological polar surface area (TPSA) is 66.9 Å². The highest BCUT2D eigenvalue weighted by Gasteiger charge is 2.19. The van der Waals surface area contributed by atoms with Gasteiger partial charge in [-0.15, -0.1) is 10.2 Å². The summed E-state index contributed by atoms with van der Waals surface area (Å²) in [4.78, 5) is 12.3. The van der Waals surface area contributed by atoms with Gasteiger partial charge in [0.25, 0.3) is 0 Å². The number of hydrogen-bond donors (Lipinski definition) is 2. The van der Waals surface area contributed by atoms with Gasteiger partial charge in [-0.3, -0.25) is 10.1 Å². The predicted molar refractivity (Wildman–Crippen MR) is 92.1 cm³/mol. The Kier molecular flexibility index (Phi) is 5.99. The first-order valence-corrected chi connectivity index (χ1v) is 8.46. The number of halogens is 2. The van der Waals surface area contributed by atoms with E-state index < -0.39 is 6.04 Å². The lowest BCUT2D eigenvalue weighted by Gasteiger charge is -2.18. The summed E-state index contributed by atoms with van der Waals surface area (Å²) >= 11 is 13.5. The number of aromatic nitrogens is 2. The maximum atomic E-state index is 12.3. The van der Waals surface area contributed by atoms with Gasteiger partial charge in [0.05, 0.1) is 15.7 Å². The molecule has 8 heteroatoms. The second-order valence-electron chi connectivity index (χ2n) is 4.55. The number of carbonyl (C=O) groups is 1. The van der Waals surface area contributed by atoms with E-state index in [-0.39, 0.29) is 5.91 Å². The lowest BCUT2D eigenvalue weighted by molar-refractivity contribution is -0.117. The summed E-state index contributed by atoms with van der Waals surface area (Å²) in [6.45, 7) is 3.90. The van der Waals surface area contributed by atoms with Gasteiger partial charge in [-0.05, 0) is 25.0 Å². The highest BCUT2D eigenvalue weighted by atomic mass is 35.5. The van der Waals surface area contributed by atoms with Crippen molar-refractivity contribution in [2.45, 2.75) is 32.7 Å². The summed E-state index contributed by atoms with van der Waals surface area (Å²) in [6.07, 6.45) is 1.38. The molecule has 0 spiro atoms. The molecule has 1 amide bonds. The average Bonchev–Trinajstić information content (AvgIpc) is 2.96. The molecule has 0 saturated heterocycles. The van der Waals surface area contributed by atoms with Crippen molar-refractivity contribution in [3.63, 3.8) is 0 Å². The molecule has 0 radical (unpaired) electrons. The third kappa shape index (κ3) is 4.09. The zero-order chi connectivity index (χ0) is 16.1. The highest BCUT2D eigenvalue weighted by Crippen LogP contribution is 2.30. The fourth-order valence-electron chi connectivity index (χ4n) is 1.80. The molecule has 1 heterocycles. The molecule has 0 aliphatic rings. The Morgan fingerprint density at radius 3 is 2.73 bits per heavy atom. The Morgan fingerprint density at radius 2 is 2.09 bits per heavy atom. The van der Waals surface area contributed by atoms with E-state index >= 15 is 0 Å². The Balaban J connectivity index is 2.07. The molecule has 0 aliphatic carbocycles. The quantitative estimate of drug-likeness (QED) is 0.810. The zero-order valence-electron chi connectivity index (χ0n) is 12.2. The number of nitrogens with one attached hydrogen (secondary N) is 2. The van der Waals surface area contributed by atoms with E-state index in [0.717, 1.165) is 11.4 Å². The summed E-state index contributed by atoms with van der Waals surface area (Å²) < 4.78 is 0. The van der Waals surface area contributed by atoms with Crippen LogP contribution in [0.25, 0.3) is 0 Å². The molecule has 1 atom stereocenters. The fraction of sp³-hybridized carbons (Fsp3) is 0.357. The molecule has 22 heavy (non-hydrogen) atoms. The summed E-state index contributed by atoms with van der Waals surface area (Å²) in [5.41, 5.74) is 0.627. The maximum Gasteiger partial charge on any atom is 0.248 e. The van der Waals surface area contributed by atoms with E-state index in [1.54, 1.807) is 18.2 Å². The molecule has 2 aromatic rings. The van der Waals surface area contributed by atoms with Gasteiger partial charge in [-0.25, -0.2) is 0 Å². The van der Waals surface area contributed by atoms with Crippen molar-refractivity contribution in [3.8, 4) is 0 Å².